The highest BCUT2D eigenvalue weighted by Gasteiger charge is 2.20. The molecule has 1 aromatic heterocycles. The lowest BCUT2D eigenvalue weighted by Gasteiger charge is -2.07. The first kappa shape index (κ1) is 15.5. The van der Waals surface area contributed by atoms with Crippen molar-refractivity contribution in [3.8, 4) is 0 Å². The van der Waals surface area contributed by atoms with E-state index in [1.165, 1.54) is 23.5 Å². The fraction of sp³-hybridized carbons (Fsp3) is 0.143. The number of aryl methyl sites for hydroxylation is 1. The van der Waals surface area contributed by atoms with Gasteiger partial charge in [-0.15, -0.1) is 11.3 Å². The van der Waals surface area contributed by atoms with E-state index in [0.29, 0.717) is 11.4 Å². The van der Waals surface area contributed by atoms with Gasteiger partial charge in [-0.25, -0.2) is 4.39 Å². The summed E-state index contributed by atoms with van der Waals surface area (Å²) < 4.78 is 13.7. The molecule has 1 aromatic carbocycles. The van der Waals surface area contributed by atoms with Crippen LogP contribution in [-0.2, 0) is 6.42 Å². The molecule has 2 amide bonds. The summed E-state index contributed by atoms with van der Waals surface area (Å²) in [7, 11) is 0. The van der Waals surface area contributed by atoms with E-state index in [0.717, 1.165) is 10.9 Å². The summed E-state index contributed by atoms with van der Waals surface area (Å²) in [6.07, 6.45) is 0.696. The molecular formula is C14H12ClFN2O2S. The molecule has 0 aliphatic carbocycles. The van der Waals surface area contributed by atoms with Gasteiger partial charge in [0.15, 0.2) is 0 Å². The SMILES string of the molecule is CCc1cc(C(N)=O)c(NC(=O)c2c(F)cccc2Cl)s1. The van der Waals surface area contributed by atoms with Crippen molar-refractivity contribution in [1.29, 1.82) is 0 Å². The van der Waals surface area contributed by atoms with Gasteiger partial charge in [0.2, 0.25) is 0 Å². The maximum atomic E-state index is 13.7. The van der Waals surface area contributed by atoms with E-state index in [4.69, 9.17) is 17.3 Å². The fourth-order valence-corrected chi connectivity index (χ4v) is 3.02. The summed E-state index contributed by atoms with van der Waals surface area (Å²) >= 11 is 7.06. The van der Waals surface area contributed by atoms with Gasteiger partial charge >= 0.3 is 0 Å². The van der Waals surface area contributed by atoms with Crippen LogP contribution in [0.2, 0.25) is 5.02 Å². The summed E-state index contributed by atoms with van der Waals surface area (Å²) in [6.45, 7) is 1.91. The third-order valence-corrected chi connectivity index (χ3v) is 4.32. The highest BCUT2D eigenvalue weighted by Crippen LogP contribution is 2.29. The van der Waals surface area contributed by atoms with Crippen molar-refractivity contribution in [1.82, 2.24) is 0 Å². The number of halogens is 2. The largest absolute Gasteiger partial charge is 0.366 e. The maximum Gasteiger partial charge on any atom is 0.260 e. The number of carbonyl (C=O) groups is 2. The minimum absolute atomic E-state index is 0.000367. The number of benzene rings is 1. The molecule has 0 unspecified atom stereocenters. The van der Waals surface area contributed by atoms with Gasteiger partial charge in [0.1, 0.15) is 10.8 Å². The van der Waals surface area contributed by atoms with Gasteiger partial charge in [-0.3, -0.25) is 9.59 Å². The molecule has 21 heavy (non-hydrogen) atoms. The third-order valence-electron chi connectivity index (χ3n) is 2.81. The van der Waals surface area contributed by atoms with Crippen molar-refractivity contribution in [3.63, 3.8) is 0 Å². The Kier molecular flexibility index (Phi) is 4.59. The number of rotatable bonds is 4. The number of nitrogens with two attached hydrogens (primary N) is 1. The van der Waals surface area contributed by atoms with Gasteiger partial charge in [0, 0.05) is 4.88 Å². The van der Waals surface area contributed by atoms with Crippen molar-refractivity contribution in [2.45, 2.75) is 13.3 Å². The Balaban J connectivity index is 2.36. The minimum atomic E-state index is -0.729. The first-order valence-corrected chi connectivity index (χ1v) is 7.31. The summed E-state index contributed by atoms with van der Waals surface area (Å²) in [5.74, 6) is -2.10. The molecule has 2 aromatic rings. The summed E-state index contributed by atoms with van der Waals surface area (Å²) in [4.78, 5) is 24.4. The van der Waals surface area contributed by atoms with Crippen LogP contribution in [0.4, 0.5) is 9.39 Å². The van der Waals surface area contributed by atoms with Crippen molar-refractivity contribution in [3.05, 3.63) is 51.1 Å². The summed E-state index contributed by atoms with van der Waals surface area (Å²) in [5.41, 5.74) is 5.22. The van der Waals surface area contributed by atoms with Crippen LogP contribution in [0.25, 0.3) is 0 Å². The molecule has 4 nitrogen and oxygen atoms in total. The van der Waals surface area contributed by atoms with Crippen molar-refractivity contribution in [2.75, 3.05) is 5.32 Å². The van der Waals surface area contributed by atoms with Crippen LogP contribution in [0.3, 0.4) is 0 Å². The zero-order valence-corrected chi connectivity index (χ0v) is 12.6. The van der Waals surface area contributed by atoms with Crippen LogP contribution in [-0.4, -0.2) is 11.8 Å². The predicted octanol–water partition coefficient (Wildman–Crippen LogP) is 3.45. The molecule has 110 valence electrons. The second kappa shape index (κ2) is 6.24. The molecule has 2 rings (SSSR count). The van der Waals surface area contributed by atoms with E-state index < -0.39 is 17.6 Å². The molecular weight excluding hydrogens is 315 g/mol. The first-order valence-electron chi connectivity index (χ1n) is 6.12. The quantitative estimate of drug-likeness (QED) is 0.903. The third kappa shape index (κ3) is 3.22. The number of amides is 2. The first-order chi connectivity index (χ1) is 9.93. The summed E-state index contributed by atoms with van der Waals surface area (Å²) in [6, 6.07) is 5.58. The number of hydrogen-bond acceptors (Lipinski definition) is 3. The molecule has 0 atom stereocenters. The summed E-state index contributed by atoms with van der Waals surface area (Å²) in [5, 5.41) is 2.79. The van der Waals surface area contributed by atoms with E-state index in [1.807, 2.05) is 6.92 Å². The van der Waals surface area contributed by atoms with Crippen molar-refractivity contribution in [2.24, 2.45) is 5.73 Å². The second-order valence-electron chi connectivity index (χ2n) is 4.22. The van der Waals surface area contributed by atoms with Gasteiger partial charge in [-0.05, 0) is 24.6 Å². The molecule has 0 spiro atoms. The Morgan fingerprint density at radius 2 is 2.14 bits per heavy atom. The van der Waals surface area contributed by atoms with E-state index in [1.54, 1.807) is 6.07 Å². The number of primary amides is 1. The van der Waals surface area contributed by atoms with Crippen molar-refractivity contribution < 1.29 is 14.0 Å². The van der Waals surface area contributed by atoms with Gasteiger partial charge in [-0.2, -0.15) is 0 Å². The molecule has 0 bridgehead atoms. The lowest BCUT2D eigenvalue weighted by Crippen LogP contribution is -2.17. The second-order valence-corrected chi connectivity index (χ2v) is 5.77. The van der Waals surface area contributed by atoms with Gasteiger partial charge in [0.25, 0.3) is 11.8 Å². The van der Waals surface area contributed by atoms with Crippen LogP contribution in [0.15, 0.2) is 24.3 Å². The molecule has 0 fully saturated rings. The van der Waals surface area contributed by atoms with Gasteiger partial charge in [0.05, 0.1) is 16.1 Å². The lowest BCUT2D eigenvalue weighted by atomic mass is 10.2. The average molecular weight is 327 g/mol. The molecule has 0 aliphatic rings. The lowest BCUT2D eigenvalue weighted by molar-refractivity contribution is 0.100. The van der Waals surface area contributed by atoms with E-state index >= 15 is 0 Å². The Morgan fingerprint density at radius 1 is 1.43 bits per heavy atom. The molecule has 0 radical (unpaired) electrons. The van der Waals surface area contributed by atoms with Crippen molar-refractivity contribution >= 4 is 39.8 Å². The Bertz CT molecular complexity index is 695. The maximum absolute atomic E-state index is 13.7. The fourth-order valence-electron chi connectivity index (χ4n) is 1.77. The van der Waals surface area contributed by atoms with Crippen LogP contribution >= 0.6 is 22.9 Å². The van der Waals surface area contributed by atoms with Gasteiger partial charge < -0.3 is 11.1 Å². The molecule has 3 N–H and O–H groups in total. The zero-order valence-electron chi connectivity index (χ0n) is 11.1. The highest BCUT2D eigenvalue weighted by atomic mass is 35.5. The average Bonchev–Trinajstić information content (AvgIpc) is 2.81. The van der Waals surface area contributed by atoms with Crippen LogP contribution in [0.1, 0.15) is 32.5 Å². The number of carbonyl (C=O) groups excluding carboxylic acids is 2. The Labute approximate surface area is 129 Å². The molecule has 0 saturated heterocycles. The van der Waals surface area contributed by atoms with Crippen LogP contribution in [0.5, 0.6) is 0 Å². The molecule has 0 saturated carbocycles. The highest BCUT2D eigenvalue weighted by molar-refractivity contribution is 7.16. The van der Waals surface area contributed by atoms with E-state index in [-0.39, 0.29) is 16.1 Å². The molecule has 1 heterocycles. The topological polar surface area (TPSA) is 72.2 Å². The normalized spacial score (nSPS) is 10.4. The smallest absolute Gasteiger partial charge is 0.260 e. The van der Waals surface area contributed by atoms with E-state index in [9.17, 15) is 14.0 Å². The minimum Gasteiger partial charge on any atom is -0.366 e. The molecule has 7 heteroatoms. The molecule has 0 aliphatic heterocycles. The number of anilines is 1. The zero-order chi connectivity index (χ0) is 15.6. The van der Waals surface area contributed by atoms with Crippen LogP contribution in [0, 0.1) is 5.82 Å². The monoisotopic (exact) mass is 326 g/mol. The van der Waals surface area contributed by atoms with E-state index in [2.05, 4.69) is 5.32 Å². The number of thiophene rings is 1. The van der Waals surface area contributed by atoms with Gasteiger partial charge in [-0.1, -0.05) is 24.6 Å². The Morgan fingerprint density at radius 3 is 2.71 bits per heavy atom. The predicted molar refractivity (Wildman–Crippen MR) is 81.6 cm³/mol. The number of hydrogen-bond donors (Lipinski definition) is 2. The van der Waals surface area contributed by atoms with Crippen LogP contribution < -0.4 is 11.1 Å². The Hall–Kier alpha value is -1.92. The number of nitrogens with one attached hydrogen (secondary N) is 1. The standard InChI is InChI=1S/C14H12ClFN2O2S/c1-2-7-6-8(12(17)19)14(21-7)18-13(20)11-9(15)4-3-5-10(11)16/h3-6H,2H2,1H3,(H2,17,19)(H,18,20).